The smallest absolute Gasteiger partial charge is 0.123 e. The first-order valence-electron chi connectivity index (χ1n) is 4.23. The molecule has 1 aromatic carbocycles. The predicted molar refractivity (Wildman–Crippen MR) is 52.8 cm³/mol. The molecule has 1 aliphatic carbocycles. The van der Waals surface area contributed by atoms with Crippen LogP contribution in [0.3, 0.4) is 0 Å². The van der Waals surface area contributed by atoms with Gasteiger partial charge in [0.2, 0.25) is 0 Å². The Balaban J connectivity index is 2.44. The maximum absolute atomic E-state index is 12.9. The minimum absolute atomic E-state index is 0.00775. The average molecular weight is 245 g/mol. The lowest BCUT2D eigenvalue weighted by atomic mass is 9.97. The van der Waals surface area contributed by atoms with Gasteiger partial charge in [-0.3, -0.25) is 0 Å². The average Bonchev–Trinajstić information content (AvgIpc) is 2.90. The molecule has 3 heteroatoms. The summed E-state index contributed by atoms with van der Waals surface area (Å²) in [6.45, 7) is 0. The van der Waals surface area contributed by atoms with E-state index >= 15 is 0 Å². The Morgan fingerprint density at radius 1 is 1.46 bits per heavy atom. The second-order valence-electron chi connectivity index (χ2n) is 3.58. The summed E-state index contributed by atoms with van der Waals surface area (Å²) in [5, 5.41) is 10.3. The van der Waals surface area contributed by atoms with E-state index in [9.17, 15) is 9.50 Å². The quantitative estimate of drug-likeness (QED) is 0.794. The summed E-state index contributed by atoms with van der Waals surface area (Å²) in [7, 11) is 0. The number of hydrogen-bond acceptors (Lipinski definition) is 1. The van der Waals surface area contributed by atoms with Crippen LogP contribution in [0.5, 0.6) is 5.75 Å². The van der Waals surface area contributed by atoms with Gasteiger partial charge in [-0.25, -0.2) is 4.39 Å². The van der Waals surface area contributed by atoms with Gasteiger partial charge >= 0.3 is 0 Å². The highest BCUT2D eigenvalue weighted by atomic mass is 79.9. The van der Waals surface area contributed by atoms with Crippen LogP contribution in [0.4, 0.5) is 4.39 Å². The van der Waals surface area contributed by atoms with Crippen molar-refractivity contribution in [2.75, 3.05) is 5.33 Å². The van der Waals surface area contributed by atoms with E-state index in [4.69, 9.17) is 0 Å². The van der Waals surface area contributed by atoms with Crippen molar-refractivity contribution in [3.8, 4) is 5.75 Å². The molecule has 1 fully saturated rings. The molecule has 0 aliphatic heterocycles. The van der Waals surface area contributed by atoms with Crippen molar-refractivity contribution in [1.29, 1.82) is 0 Å². The van der Waals surface area contributed by atoms with Crippen molar-refractivity contribution in [2.24, 2.45) is 0 Å². The third-order valence-corrected chi connectivity index (χ3v) is 3.71. The van der Waals surface area contributed by atoms with Gasteiger partial charge in [-0.15, -0.1) is 0 Å². The van der Waals surface area contributed by atoms with E-state index < -0.39 is 0 Å². The van der Waals surface area contributed by atoms with E-state index in [1.54, 1.807) is 0 Å². The fraction of sp³-hybridized carbons (Fsp3) is 0.400. The zero-order chi connectivity index (χ0) is 9.47. The highest BCUT2D eigenvalue weighted by Crippen LogP contribution is 2.52. The topological polar surface area (TPSA) is 20.2 Å². The summed E-state index contributed by atoms with van der Waals surface area (Å²) in [6.07, 6.45) is 2.05. The first-order valence-corrected chi connectivity index (χ1v) is 5.35. The van der Waals surface area contributed by atoms with Crippen LogP contribution in [0, 0.1) is 5.82 Å². The van der Waals surface area contributed by atoms with Gasteiger partial charge in [0.1, 0.15) is 11.6 Å². The maximum atomic E-state index is 12.9. The van der Waals surface area contributed by atoms with Crippen LogP contribution in [0.15, 0.2) is 18.2 Å². The Kier molecular flexibility index (Phi) is 2.06. The van der Waals surface area contributed by atoms with E-state index in [-0.39, 0.29) is 17.0 Å². The van der Waals surface area contributed by atoms with Gasteiger partial charge in [0.05, 0.1) is 0 Å². The summed E-state index contributed by atoms with van der Waals surface area (Å²) in [5.41, 5.74) is 0.732. The summed E-state index contributed by atoms with van der Waals surface area (Å²) in [6, 6.07) is 4.14. The lowest BCUT2D eigenvalue weighted by Crippen LogP contribution is -2.08. The highest BCUT2D eigenvalue weighted by Gasteiger charge is 2.45. The number of phenols is 1. The molecule has 0 saturated heterocycles. The zero-order valence-electron chi connectivity index (χ0n) is 7.06. The molecule has 0 amide bonds. The highest BCUT2D eigenvalue weighted by molar-refractivity contribution is 9.09. The van der Waals surface area contributed by atoms with Crippen molar-refractivity contribution in [3.05, 3.63) is 29.6 Å². The number of hydrogen-bond donors (Lipinski definition) is 1. The Labute approximate surface area is 84.7 Å². The molecule has 1 saturated carbocycles. The molecule has 0 atom stereocenters. The molecule has 2 rings (SSSR count). The monoisotopic (exact) mass is 244 g/mol. The largest absolute Gasteiger partial charge is 0.508 e. The number of phenolic OH excluding ortho intramolecular Hbond substituents is 1. The molecule has 0 bridgehead atoms. The van der Waals surface area contributed by atoms with Gasteiger partial charge in [0.15, 0.2) is 0 Å². The Morgan fingerprint density at radius 2 is 2.15 bits per heavy atom. The van der Waals surface area contributed by atoms with Gasteiger partial charge in [0.25, 0.3) is 0 Å². The van der Waals surface area contributed by atoms with E-state index in [0.29, 0.717) is 0 Å². The molecular formula is C10H10BrFO. The summed E-state index contributed by atoms with van der Waals surface area (Å²) in [5.74, 6) is -0.0709. The van der Waals surface area contributed by atoms with E-state index in [1.165, 1.54) is 18.2 Å². The third-order valence-electron chi connectivity index (χ3n) is 2.64. The van der Waals surface area contributed by atoms with Gasteiger partial charge in [-0.2, -0.15) is 0 Å². The predicted octanol–water partition coefficient (Wildman–Crippen LogP) is 2.96. The van der Waals surface area contributed by atoms with Gasteiger partial charge < -0.3 is 5.11 Å². The normalized spacial score (nSPS) is 18.6. The van der Waals surface area contributed by atoms with E-state index in [2.05, 4.69) is 15.9 Å². The number of halogens is 2. The van der Waals surface area contributed by atoms with Crippen LogP contribution in [-0.2, 0) is 5.41 Å². The van der Waals surface area contributed by atoms with Crippen LogP contribution < -0.4 is 0 Å². The fourth-order valence-electron chi connectivity index (χ4n) is 1.56. The SMILES string of the molecule is Oc1ccc(F)cc1C1(CBr)CC1. The Bertz CT molecular complexity index is 334. The minimum atomic E-state index is -0.278. The molecule has 1 N–H and O–H groups in total. The molecule has 0 unspecified atom stereocenters. The second-order valence-corrected chi connectivity index (χ2v) is 4.14. The number of aromatic hydroxyl groups is 1. The maximum Gasteiger partial charge on any atom is 0.123 e. The molecule has 0 heterocycles. The molecule has 70 valence electrons. The molecule has 1 nitrogen and oxygen atoms in total. The second kappa shape index (κ2) is 2.98. The fourth-order valence-corrected chi connectivity index (χ4v) is 2.42. The Hall–Kier alpha value is -0.570. The first-order chi connectivity index (χ1) is 6.18. The van der Waals surface area contributed by atoms with Crippen molar-refractivity contribution in [1.82, 2.24) is 0 Å². The Morgan fingerprint density at radius 3 is 2.69 bits per heavy atom. The molecule has 0 radical (unpaired) electrons. The van der Waals surface area contributed by atoms with Crippen molar-refractivity contribution < 1.29 is 9.50 Å². The van der Waals surface area contributed by atoms with Crippen molar-refractivity contribution in [3.63, 3.8) is 0 Å². The van der Waals surface area contributed by atoms with Crippen LogP contribution in [0.25, 0.3) is 0 Å². The lowest BCUT2D eigenvalue weighted by Gasteiger charge is -2.13. The molecule has 0 aromatic heterocycles. The minimum Gasteiger partial charge on any atom is -0.508 e. The van der Waals surface area contributed by atoms with Crippen molar-refractivity contribution in [2.45, 2.75) is 18.3 Å². The van der Waals surface area contributed by atoms with Crippen LogP contribution >= 0.6 is 15.9 Å². The number of rotatable bonds is 2. The summed E-state index contributed by atoms with van der Waals surface area (Å²) >= 11 is 3.40. The van der Waals surface area contributed by atoms with Crippen molar-refractivity contribution >= 4 is 15.9 Å². The third kappa shape index (κ3) is 1.46. The first kappa shape index (κ1) is 9.00. The molecule has 0 spiro atoms. The van der Waals surface area contributed by atoms with Crippen LogP contribution in [-0.4, -0.2) is 10.4 Å². The van der Waals surface area contributed by atoms with E-state index in [0.717, 1.165) is 23.7 Å². The molecule has 1 aliphatic rings. The van der Waals surface area contributed by atoms with Crippen LogP contribution in [0.2, 0.25) is 0 Å². The standard InChI is InChI=1S/C10H10BrFO/c11-6-10(3-4-10)8-5-7(12)1-2-9(8)13/h1-2,5,13H,3-4,6H2. The van der Waals surface area contributed by atoms with Gasteiger partial charge in [-0.1, -0.05) is 15.9 Å². The van der Waals surface area contributed by atoms with Gasteiger partial charge in [0, 0.05) is 16.3 Å². The number of alkyl halides is 1. The summed E-state index contributed by atoms with van der Waals surface area (Å²) < 4.78 is 12.9. The van der Waals surface area contributed by atoms with Crippen LogP contribution in [0.1, 0.15) is 18.4 Å². The summed E-state index contributed by atoms with van der Waals surface area (Å²) in [4.78, 5) is 0. The number of benzene rings is 1. The molecular weight excluding hydrogens is 235 g/mol. The lowest BCUT2D eigenvalue weighted by molar-refractivity contribution is 0.459. The molecule has 13 heavy (non-hydrogen) atoms. The van der Waals surface area contributed by atoms with E-state index in [1.807, 2.05) is 0 Å². The molecule has 1 aromatic rings. The zero-order valence-corrected chi connectivity index (χ0v) is 8.64. The van der Waals surface area contributed by atoms with Gasteiger partial charge in [-0.05, 0) is 31.0 Å².